The molecule has 0 radical (unpaired) electrons. The van der Waals surface area contributed by atoms with Crippen molar-refractivity contribution in [3.63, 3.8) is 0 Å². The number of hydrogen-bond donors (Lipinski definition) is 0. The fraction of sp³-hybridized carbons (Fsp3) is 0.500. The van der Waals surface area contributed by atoms with E-state index in [4.69, 9.17) is 14.2 Å². The molecular weight excluding hydrogens is 332 g/mol. The van der Waals surface area contributed by atoms with Gasteiger partial charge in [0, 0.05) is 6.20 Å². The van der Waals surface area contributed by atoms with Crippen molar-refractivity contribution in [2.45, 2.75) is 19.8 Å². The van der Waals surface area contributed by atoms with Gasteiger partial charge < -0.3 is 14.2 Å². The number of carbonyl (C=O) groups is 2. The Hall–Kier alpha value is -1.70. The average Bonchev–Trinajstić information content (AvgIpc) is 2.41. The van der Waals surface area contributed by atoms with Crippen LogP contribution >= 0.6 is 15.9 Å². The molecule has 0 aliphatic heterocycles. The Morgan fingerprint density at radius 3 is 2.25 bits per heavy atom. The second kappa shape index (κ2) is 7.78. The lowest BCUT2D eigenvalue weighted by Crippen LogP contribution is -2.28. The van der Waals surface area contributed by atoms with Crippen LogP contribution in [-0.4, -0.2) is 42.2 Å². The van der Waals surface area contributed by atoms with Crippen LogP contribution in [0.25, 0.3) is 0 Å². The summed E-state index contributed by atoms with van der Waals surface area (Å²) < 4.78 is 15.2. The maximum absolute atomic E-state index is 11.9. The van der Waals surface area contributed by atoms with Gasteiger partial charge in [0.05, 0.1) is 24.8 Å². The van der Waals surface area contributed by atoms with Crippen LogP contribution in [0.15, 0.2) is 10.7 Å². The first-order valence-corrected chi connectivity index (χ1v) is 6.74. The van der Waals surface area contributed by atoms with Crippen molar-refractivity contribution in [2.24, 2.45) is 0 Å². The third-order valence-corrected chi connectivity index (χ3v) is 2.77. The summed E-state index contributed by atoms with van der Waals surface area (Å²) in [5.41, 5.74) is 0. The highest BCUT2D eigenvalue weighted by Crippen LogP contribution is 2.24. The molecule has 110 valence electrons. The molecule has 20 heavy (non-hydrogen) atoms. The summed E-state index contributed by atoms with van der Waals surface area (Å²) in [6.45, 7) is 3.57. The molecule has 7 nitrogen and oxygen atoms in total. The number of ether oxygens (including phenoxy) is 3. The van der Waals surface area contributed by atoms with Crippen LogP contribution in [0.4, 0.5) is 0 Å². The van der Waals surface area contributed by atoms with Crippen LogP contribution in [0, 0.1) is 0 Å². The van der Waals surface area contributed by atoms with Gasteiger partial charge in [0.2, 0.25) is 11.8 Å². The normalized spacial score (nSPS) is 10.2. The van der Waals surface area contributed by atoms with Crippen molar-refractivity contribution >= 4 is 27.9 Å². The molecular formula is C12H15BrN2O5. The topological polar surface area (TPSA) is 87.6 Å². The smallest absolute Gasteiger partial charge is 0.328 e. The molecule has 0 aliphatic carbocycles. The van der Waals surface area contributed by atoms with Crippen molar-refractivity contribution in [2.75, 3.05) is 20.3 Å². The number of esters is 2. The first-order valence-electron chi connectivity index (χ1n) is 5.94. The van der Waals surface area contributed by atoms with Crippen molar-refractivity contribution in [3.8, 4) is 5.88 Å². The average molecular weight is 347 g/mol. The lowest BCUT2D eigenvalue weighted by molar-refractivity contribution is -0.157. The van der Waals surface area contributed by atoms with Gasteiger partial charge in [-0.25, -0.2) is 4.98 Å². The minimum atomic E-state index is -1.32. The molecule has 0 fully saturated rings. The van der Waals surface area contributed by atoms with E-state index in [1.807, 2.05) is 0 Å². The zero-order chi connectivity index (χ0) is 15.1. The highest BCUT2D eigenvalue weighted by molar-refractivity contribution is 9.10. The molecule has 0 spiro atoms. The summed E-state index contributed by atoms with van der Waals surface area (Å²) in [5.74, 6) is -2.64. The Morgan fingerprint density at radius 1 is 1.25 bits per heavy atom. The van der Waals surface area contributed by atoms with Crippen LogP contribution in [0.3, 0.4) is 0 Å². The monoisotopic (exact) mass is 346 g/mol. The van der Waals surface area contributed by atoms with Gasteiger partial charge in [0.1, 0.15) is 0 Å². The van der Waals surface area contributed by atoms with Gasteiger partial charge in [-0.3, -0.25) is 9.59 Å². The lowest BCUT2D eigenvalue weighted by atomic mass is 10.1. The van der Waals surface area contributed by atoms with Crippen LogP contribution < -0.4 is 4.74 Å². The molecule has 0 N–H and O–H groups in total. The molecule has 0 atom stereocenters. The van der Waals surface area contributed by atoms with E-state index in [0.29, 0.717) is 4.47 Å². The van der Waals surface area contributed by atoms with Crippen LogP contribution in [0.1, 0.15) is 25.6 Å². The van der Waals surface area contributed by atoms with Crippen LogP contribution in [0.5, 0.6) is 5.88 Å². The quantitative estimate of drug-likeness (QED) is 0.569. The van der Waals surface area contributed by atoms with Gasteiger partial charge in [-0.05, 0) is 29.8 Å². The molecule has 1 aromatic rings. The molecule has 0 saturated carbocycles. The first-order chi connectivity index (χ1) is 9.54. The fourth-order valence-corrected chi connectivity index (χ4v) is 1.76. The second-order valence-corrected chi connectivity index (χ2v) is 4.38. The Morgan fingerprint density at radius 2 is 1.80 bits per heavy atom. The van der Waals surface area contributed by atoms with Crippen molar-refractivity contribution in [1.82, 2.24) is 9.97 Å². The van der Waals surface area contributed by atoms with E-state index in [2.05, 4.69) is 25.9 Å². The molecule has 0 aliphatic rings. The molecule has 8 heteroatoms. The van der Waals surface area contributed by atoms with E-state index in [1.54, 1.807) is 13.8 Å². The van der Waals surface area contributed by atoms with Crippen molar-refractivity contribution < 1.29 is 23.8 Å². The Kier molecular flexibility index (Phi) is 6.37. The molecule has 0 saturated heterocycles. The van der Waals surface area contributed by atoms with E-state index < -0.39 is 17.9 Å². The molecule has 1 aromatic heterocycles. The fourth-order valence-electron chi connectivity index (χ4n) is 1.40. The van der Waals surface area contributed by atoms with Gasteiger partial charge in [-0.2, -0.15) is 4.98 Å². The summed E-state index contributed by atoms with van der Waals surface area (Å²) in [7, 11) is 1.42. The standard InChI is InChI=1S/C12H15BrN2O5/c1-4-19-11(16)8(12(17)20-5-2)9-14-6-7(13)10(15-9)18-3/h6,8H,4-5H2,1-3H3. The van der Waals surface area contributed by atoms with Crippen molar-refractivity contribution in [3.05, 3.63) is 16.5 Å². The van der Waals surface area contributed by atoms with Gasteiger partial charge in [0.15, 0.2) is 5.82 Å². The molecule has 1 rings (SSSR count). The summed E-state index contributed by atoms with van der Waals surface area (Å²) in [5, 5.41) is 0. The Balaban J connectivity index is 3.15. The van der Waals surface area contributed by atoms with E-state index in [9.17, 15) is 9.59 Å². The molecule has 1 heterocycles. The number of carbonyl (C=O) groups excluding carboxylic acids is 2. The number of methoxy groups -OCH3 is 1. The van der Waals surface area contributed by atoms with E-state index in [0.717, 1.165) is 0 Å². The van der Waals surface area contributed by atoms with Crippen LogP contribution in [0.2, 0.25) is 0 Å². The van der Waals surface area contributed by atoms with Crippen LogP contribution in [-0.2, 0) is 19.1 Å². The minimum Gasteiger partial charge on any atom is -0.480 e. The van der Waals surface area contributed by atoms with E-state index in [-0.39, 0.29) is 24.9 Å². The zero-order valence-electron chi connectivity index (χ0n) is 11.4. The van der Waals surface area contributed by atoms with E-state index in [1.165, 1.54) is 13.3 Å². The number of rotatable bonds is 6. The van der Waals surface area contributed by atoms with Crippen molar-refractivity contribution in [1.29, 1.82) is 0 Å². The number of halogens is 1. The lowest BCUT2D eigenvalue weighted by Gasteiger charge is -2.14. The molecule has 0 aromatic carbocycles. The van der Waals surface area contributed by atoms with Gasteiger partial charge in [-0.1, -0.05) is 0 Å². The minimum absolute atomic E-state index is 0.0260. The van der Waals surface area contributed by atoms with Gasteiger partial charge in [-0.15, -0.1) is 0 Å². The molecule has 0 bridgehead atoms. The summed E-state index contributed by atoms with van der Waals surface area (Å²) in [6.07, 6.45) is 1.40. The molecule has 0 amide bonds. The number of aromatic nitrogens is 2. The SMILES string of the molecule is CCOC(=O)C(C(=O)OCC)c1ncc(Br)c(OC)n1. The predicted molar refractivity (Wildman–Crippen MR) is 72.3 cm³/mol. The van der Waals surface area contributed by atoms with Gasteiger partial charge in [0.25, 0.3) is 0 Å². The maximum Gasteiger partial charge on any atom is 0.328 e. The zero-order valence-corrected chi connectivity index (χ0v) is 13.0. The van der Waals surface area contributed by atoms with Gasteiger partial charge >= 0.3 is 11.9 Å². The summed E-state index contributed by atoms with van der Waals surface area (Å²) in [4.78, 5) is 31.7. The number of nitrogens with zero attached hydrogens (tertiary/aromatic N) is 2. The first kappa shape index (κ1) is 16.4. The summed E-state index contributed by atoms with van der Waals surface area (Å²) in [6, 6.07) is 0. The highest BCUT2D eigenvalue weighted by atomic mass is 79.9. The number of hydrogen-bond acceptors (Lipinski definition) is 7. The third-order valence-electron chi connectivity index (χ3n) is 2.23. The largest absolute Gasteiger partial charge is 0.480 e. The Labute approximate surface area is 124 Å². The highest BCUT2D eigenvalue weighted by Gasteiger charge is 2.34. The summed E-state index contributed by atoms with van der Waals surface area (Å²) >= 11 is 3.19. The predicted octanol–water partition coefficient (Wildman–Crippen LogP) is 1.46. The molecule has 0 unspecified atom stereocenters. The second-order valence-electron chi connectivity index (χ2n) is 3.52. The Bertz CT molecular complexity index is 477. The third kappa shape index (κ3) is 3.89. The van der Waals surface area contributed by atoms with E-state index >= 15 is 0 Å². The maximum atomic E-state index is 11.9.